The highest BCUT2D eigenvalue weighted by Gasteiger charge is 2.38. The van der Waals surface area contributed by atoms with E-state index in [1.54, 1.807) is 0 Å². The summed E-state index contributed by atoms with van der Waals surface area (Å²) in [7, 11) is 0. The molecule has 1 saturated heterocycles. The molecule has 0 radical (unpaired) electrons. The largest absolute Gasteiger partial charge is 0.458 e. The number of morpholine rings is 1. The van der Waals surface area contributed by atoms with Crippen LogP contribution in [0.5, 0.6) is 0 Å². The Morgan fingerprint density at radius 3 is 2.64 bits per heavy atom. The Morgan fingerprint density at radius 1 is 1.36 bits per heavy atom. The van der Waals surface area contributed by atoms with Gasteiger partial charge in [0.25, 0.3) is 0 Å². The van der Waals surface area contributed by atoms with Crippen molar-refractivity contribution < 1.29 is 14.3 Å². The van der Waals surface area contributed by atoms with Gasteiger partial charge in [0.2, 0.25) is 0 Å². The summed E-state index contributed by atoms with van der Waals surface area (Å²) >= 11 is 0. The first-order valence-electron chi connectivity index (χ1n) is 7.73. The van der Waals surface area contributed by atoms with Gasteiger partial charge in [0.05, 0.1) is 12.6 Å². The highest BCUT2D eigenvalue weighted by molar-refractivity contribution is 5.76. The predicted molar refractivity (Wildman–Crippen MR) is 85.3 cm³/mol. The van der Waals surface area contributed by atoms with E-state index >= 15 is 0 Å². The molecule has 0 bridgehead atoms. The van der Waals surface area contributed by atoms with Crippen LogP contribution in [0.2, 0.25) is 0 Å². The average molecular weight is 306 g/mol. The molecule has 0 spiro atoms. The van der Waals surface area contributed by atoms with Crippen LogP contribution in [0.3, 0.4) is 0 Å². The number of esters is 1. The van der Waals surface area contributed by atoms with E-state index in [1.807, 2.05) is 39.0 Å². The van der Waals surface area contributed by atoms with E-state index in [1.165, 1.54) is 5.56 Å². The lowest BCUT2D eigenvalue weighted by Gasteiger charge is -2.40. The second-order valence-corrected chi connectivity index (χ2v) is 6.58. The Morgan fingerprint density at radius 2 is 2.05 bits per heavy atom. The minimum absolute atomic E-state index is 0.163. The van der Waals surface area contributed by atoms with Crippen LogP contribution < -0.4 is 5.73 Å². The van der Waals surface area contributed by atoms with Crippen LogP contribution >= 0.6 is 0 Å². The third-order valence-corrected chi connectivity index (χ3v) is 3.60. The van der Waals surface area contributed by atoms with Crippen molar-refractivity contribution in [3.63, 3.8) is 0 Å². The molecule has 1 aliphatic heterocycles. The Kier molecular flexibility index (Phi) is 5.56. The maximum atomic E-state index is 12.4. The maximum absolute atomic E-state index is 12.4. The molecule has 0 saturated carbocycles. The zero-order valence-corrected chi connectivity index (χ0v) is 13.6. The van der Waals surface area contributed by atoms with Crippen molar-refractivity contribution >= 4 is 5.97 Å². The molecule has 2 unspecified atom stereocenters. The van der Waals surface area contributed by atoms with E-state index in [2.05, 4.69) is 17.0 Å². The van der Waals surface area contributed by atoms with Crippen LogP contribution in [0, 0.1) is 0 Å². The number of carbonyl (C=O) groups is 1. The predicted octanol–water partition coefficient (Wildman–Crippen LogP) is 1.56. The zero-order valence-electron chi connectivity index (χ0n) is 13.6. The first-order valence-corrected chi connectivity index (χ1v) is 7.73. The average Bonchev–Trinajstić information content (AvgIpc) is 2.46. The summed E-state index contributed by atoms with van der Waals surface area (Å²) in [6.45, 7) is 7.94. The molecule has 0 aromatic heterocycles. The molecular weight excluding hydrogens is 280 g/mol. The molecule has 2 atom stereocenters. The minimum Gasteiger partial charge on any atom is -0.458 e. The maximum Gasteiger partial charge on any atom is 0.337 e. The van der Waals surface area contributed by atoms with Crippen molar-refractivity contribution in [3.8, 4) is 0 Å². The normalized spacial score (nSPS) is 23.3. The van der Waals surface area contributed by atoms with Gasteiger partial charge in [-0.2, -0.15) is 0 Å². The molecule has 2 rings (SSSR count). The third-order valence-electron chi connectivity index (χ3n) is 3.60. The molecule has 1 aliphatic rings. The number of ether oxygens (including phenoxy) is 2. The zero-order chi connectivity index (χ0) is 16.2. The Balaban J connectivity index is 2.07. The van der Waals surface area contributed by atoms with Gasteiger partial charge < -0.3 is 15.2 Å². The molecular formula is C17H26N2O3. The van der Waals surface area contributed by atoms with Gasteiger partial charge in [-0.05, 0) is 26.3 Å². The highest BCUT2D eigenvalue weighted by atomic mass is 16.6. The molecule has 5 nitrogen and oxygen atoms in total. The van der Waals surface area contributed by atoms with E-state index in [0.29, 0.717) is 13.2 Å². The molecule has 5 heteroatoms. The summed E-state index contributed by atoms with van der Waals surface area (Å²) in [6.07, 6.45) is -0.623. The van der Waals surface area contributed by atoms with Crippen molar-refractivity contribution in [1.82, 2.24) is 4.90 Å². The number of carbonyl (C=O) groups excluding carboxylic acids is 1. The summed E-state index contributed by atoms with van der Waals surface area (Å²) in [5.41, 5.74) is 6.58. The van der Waals surface area contributed by atoms with Gasteiger partial charge in [0.1, 0.15) is 5.60 Å². The summed E-state index contributed by atoms with van der Waals surface area (Å²) in [4.78, 5) is 14.6. The van der Waals surface area contributed by atoms with Gasteiger partial charge in [-0.3, -0.25) is 4.90 Å². The van der Waals surface area contributed by atoms with Crippen molar-refractivity contribution in [2.24, 2.45) is 5.73 Å². The number of hydrogen-bond donors (Lipinski definition) is 1. The number of nitrogens with two attached hydrogens (primary N) is 1. The molecule has 1 fully saturated rings. The van der Waals surface area contributed by atoms with Crippen molar-refractivity contribution in [1.29, 1.82) is 0 Å². The fourth-order valence-electron chi connectivity index (χ4n) is 2.64. The number of rotatable bonds is 4. The lowest BCUT2D eigenvalue weighted by atomic mass is 10.1. The third kappa shape index (κ3) is 4.53. The second-order valence-electron chi connectivity index (χ2n) is 6.58. The van der Waals surface area contributed by atoms with Crippen LogP contribution in [0.25, 0.3) is 0 Å². The standard InChI is InChI=1S/C17H26N2O3/c1-17(2,3)22-16(20)15-14(11-18)19(9-10-21-15)12-13-7-5-4-6-8-13/h4-8,14-15H,9-12,18H2,1-3H3. The Hall–Kier alpha value is -1.43. The SMILES string of the molecule is CC(C)(C)OC(=O)C1OCCN(Cc2ccccc2)C1CN. The summed E-state index contributed by atoms with van der Waals surface area (Å²) < 4.78 is 11.1. The van der Waals surface area contributed by atoms with E-state index in [-0.39, 0.29) is 12.0 Å². The molecule has 1 aromatic carbocycles. The lowest BCUT2D eigenvalue weighted by Crippen LogP contribution is -2.58. The summed E-state index contributed by atoms with van der Waals surface area (Å²) in [5.74, 6) is -0.333. The topological polar surface area (TPSA) is 64.8 Å². The van der Waals surface area contributed by atoms with Crippen molar-refractivity contribution in [2.45, 2.75) is 45.1 Å². The van der Waals surface area contributed by atoms with Crippen molar-refractivity contribution in [3.05, 3.63) is 35.9 Å². The number of benzene rings is 1. The number of hydrogen-bond acceptors (Lipinski definition) is 5. The van der Waals surface area contributed by atoms with E-state index in [9.17, 15) is 4.79 Å². The van der Waals surface area contributed by atoms with E-state index in [0.717, 1.165) is 13.1 Å². The van der Waals surface area contributed by atoms with Crippen LogP contribution in [0.1, 0.15) is 26.3 Å². The van der Waals surface area contributed by atoms with Gasteiger partial charge >= 0.3 is 5.97 Å². The molecule has 1 aromatic rings. The second kappa shape index (κ2) is 7.22. The molecule has 0 aliphatic carbocycles. The fourth-order valence-corrected chi connectivity index (χ4v) is 2.64. The van der Waals surface area contributed by atoms with Crippen LogP contribution in [0.4, 0.5) is 0 Å². The summed E-state index contributed by atoms with van der Waals surface area (Å²) in [6, 6.07) is 10.0. The Labute approximate surface area is 132 Å². The first kappa shape index (κ1) is 16.9. The fraction of sp³-hybridized carbons (Fsp3) is 0.588. The van der Waals surface area contributed by atoms with Gasteiger partial charge in [-0.1, -0.05) is 30.3 Å². The minimum atomic E-state index is -0.623. The van der Waals surface area contributed by atoms with Crippen molar-refractivity contribution in [2.75, 3.05) is 19.7 Å². The van der Waals surface area contributed by atoms with E-state index < -0.39 is 11.7 Å². The monoisotopic (exact) mass is 306 g/mol. The first-order chi connectivity index (χ1) is 10.4. The summed E-state index contributed by atoms with van der Waals surface area (Å²) in [5, 5.41) is 0. The lowest BCUT2D eigenvalue weighted by molar-refractivity contribution is -0.179. The quantitative estimate of drug-likeness (QED) is 0.855. The smallest absolute Gasteiger partial charge is 0.337 e. The van der Waals surface area contributed by atoms with Gasteiger partial charge in [0.15, 0.2) is 6.10 Å². The van der Waals surface area contributed by atoms with Crippen LogP contribution in [0.15, 0.2) is 30.3 Å². The Bertz CT molecular complexity index is 484. The molecule has 122 valence electrons. The van der Waals surface area contributed by atoms with Crippen LogP contribution in [-0.2, 0) is 20.8 Å². The van der Waals surface area contributed by atoms with Gasteiger partial charge in [-0.25, -0.2) is 4.79 Å². The molecule has 22 heavy (non-hydrogen) atoms. The number of nitrogens with zero attached hydrogens (tertiary/aromatic N) is 1. The molecule has 1 heterocycles. The molecule has 0 amide bonds. The van der Waals surface area contributed by atoms with Crippen LogP contribution in [-0.4, -0.2) is 48.3 Å². The molecule has 2 N–H and O–H groups in total. The highest BCUT2D eigenvalue weighted by Crippen LogP contribution is 2.20. The van der Waals surface area contributed by atoms with E-state index in [4.69, 9.17) is 15.2 Å². The van der Waals surface area contributed by atoms with Gasteiger partial charge in [-0.15, -0.1) is 0 Å². The van der Waals surface area contributed by atoms with Gasteiger partial charge in [0, 0.05) is 19.6 Å².